The van der Waals surface area contributed by atoms with Gasteiger partial charge < -0.3 is 0 Å². The molecule has 0 saturated carbocycles. The van der Waals surface area contributed by atoms with Crippen molar-refractivity contribution in [3.8, 4) is 6.07 Å². The van der Waals surface area contributed by atoms with E-state index in [4.69, 9.17) is 16.9 Å². The summed E-state index contributed by atoms with van der Waals surface area (Å²) in [5.41, 5.74) is 1.85. The Hall–Kier alpha value is -1.79. The third kappa shape index (κ3) is 2.48. The number of nitriles is 1. The van der Waals surface area contributed by atoms with Crippen molar-refractivity contribution in [2.75, 3.05) is 0 Å². The maximum atomic E-state index is 8.91. The van der Waals surface area contributed by atoms with E-state index >= 15 is 0 Å². The summed E-state index contributed by atoms with van der Waals surface area (Å²) in [7, 11) is 0. The SMILES string of the molecule is Cc1nn(C(CC#N)c2ccccc2)cc1Cl. The van der Waals surface area contributed by atoms with Crippen molar-refractivity contribution in [3.05, 3.63) is 52.8 Å². The van der Waals surface area contributed by atoms with Crippen LogP contribution in [0.15, 0.2) is 36.5 Å². The molecule has 1 atom stereocenters. The van der Waals surface area contributed by atoms with Crippen molar-refractivity contribution >= 4 is 11.6 Å². The molecule has 0 N–H and O–H groups in total. The molecule has 4 heteroatoms. The Kier molecular flexibility index (Phi) is 3.46. The van der Waals surface area contributed by atoms with Gasteiger partial charge in [-0.15, -0.1) is 0 Å². The Morgan fingerprint density at radius 1 is 1.41 bits per heavy atom. The van der Waals surface area contributed by atoms with Crippen LogP contribution in [0.4, 0.5) is 0 Å². The lowest BCUT2D eigenvalue weighted by Gasteiger charge is -2.14. The number of rotatable bonds is 3. The van der Waals surface area contributed by atoms with Gasteiger partial charge in [0, 0.05) is 6.20 Å². The lowest BCUT2D eigenvalue weighted by molar-refractivity contribution is 0.529. The molecule has 1 heterocycles. The molecule has 2 rings (SSSR count). The fraction of sp³-hybridized carbons (Fsp3) is 0.231. The van der Waals surface area contributed by atoms with Gasteiger partial charge in [-0.05, 0) is 12.5 Å². The van der Waals surface area contributed by atoms with Crippen LogP contribution >= 0.6 is 11.6 Å². The second-order valence-corrected chi connectivity index (χ2v) is 4.24. The number of aryl methyl sites for hydroxylation is 1. The maximum Gasteiger partial charge on any atom is 0.0899 e. The highest BCUT2D eigenvalue weighted by Gasteiger charge is 2.15. The number of nitrogens with zero attached hydrogens (tertiary/aromatic N) is 3. The zero-order valence-electron chi connectivity index (χ0n) is 9.47. The molecule has 0 bridgehead atoms. The lowest BCUT2D eigenvalue weighted by Crippen LogP contribution is -2.10. The zero-order valence-corrected chi connectivity index (χ0v) is 10.2. The Morgan fingerprint density at radius 2 is 2.12 bits per heavy atom. The van der Waals surface area contributed by atoms with Crippen molar-refractivity contribution in [1.82, 2.24) is 9.78 Å². The minimum absolute atomic E-state index is 0.0765. The van der Waals surface area contributed by atoms with Gasteiger partial charge in [0.2, 0.25) is 0 Å². The molecule has 86 valence electrons. The molecule has 1 unspecified atom stereocenters. The van der Waals surface area contributed by atoms with Crippen molar-refractivity contribution in [2.24, 2.45) is 0 Å². The summed E-state index contributed by atoms with van der Waals surface area (Å²) in [6.45, 7) is 1.85. The topological polar surface area (TPSA) is 41.6 Å². The summed E-state index contributed by atoms with van der Waals surface area (Å²) in [6, 6.07) is 12.0. The van der Waals surface area contributed by atoms with Gasteiger partial charge in [-0.3, -0.25) is 4.68 Å². The third-order valence-electron chi connectivity index (χ3n) is 2.65. The third-order valence-corrected chi connectivity index (χ3v) is 3.02. The fourth-order valence-electron chi connectivity index (χ4n) is 1.74. The predicted octanol–water partition coefficient (Wildman–Crippen LogP) is 3.35. The van der Waals surface area contributed by atoms with Crippen LogP contribution in [0.5, 0.6) is 0 Å². The second-order valence-electron chi connectivity index (χ2n) is 3.83. The largest absolute Gasteiger partial charge is 0.262 e. The highest BCUT2D eigenvalue weighted by Crippen LogP contribution is 2.23. The van der Waals surface area contributed by atoms with Crippen LogP contribution in [0, 0.1) is 18.3 Å². The van der Waals surface area contributed by atoms with Gasteiger partial charge in [-0.25, -0.2) is 0 Å². The van der Waals surface area contributed by atoms with E-state index < -0.39 is 0 Å². The molecule has 0 aliphatic heterocycles. The minimum Gasteiger partial charge on any atom is -0.262 e. The summed E-state index contributed by atoms with van der Waals surface area (Å²) >= 11 is 5.99. The molecule has 1 aromatic carbocycles. The van der Waals surface area contributed by atoms with E-state index in [1.54, 1.807) is 10.9 Å². The highest BCUT2D eigenvalue weighted by atomic mass is 35.5. The first kappa shape index (κ1) is 11.7. The van der Waals surface area contributed by atoms with Crippen molar-refractivity contribution < 1.29 is 0 Å². The van der Waals surface area contributed by atoms with Gasteiger partial charge in [-0.2, -0.15) is 10.4 Å². The molecule has 0 fully saturated rings. The second kappa shape index (κ2) is 5.03. The molecule has 2 aromatic rings. The minimum atomic E-state index is -0.0765. The van der Waals surface area contributed by atoms with Crippen LogP contribution in [0.25, 0.3) is 0 Å². The molecule has 0 aliphatic rings. The molecule has 0 amide bonds. The first-order valence-corrected chi connectivity index (χ1v) is 5.73. The van der Waals surface area contributed by atoms with E-state index in [1.807, 2.05) is 37.3 Å². The van der Waals surface area contributed by atoms with E-state index in [1.165, 1.54) is 0 Å². The van der Waals surface area contributed by atoms with E-state index in [0.717, 1.165) is 11.3 Å². The predicted molar refractivity (Wildman–Crippen MR) is 66.8 cm³/mol. The standard InChI is InChI=1S/C13H12ClN3/c1-10-12(14)9-17(16-10)13(7-8-15)11-5-3-2-4-6-11/h2-6,9,13H,7H2,1H3. The van der Waals surface area contributed by atoms with Crippen LogP contribution in [-0.2, 0) is 0 Å². The molecule has 1 aromatic heterocycles. The van der Waals surface area contributed by atoms with E-state index in [0.29, 0.717) is 11.4 Å². The fourth-order valence-corrected chi connectivity index (χ4v) is 1.88. The summed E-state index contributed by atoms with van der Waals surface area (Å²) in [6.07, 6.45) is 2.15. The number of aromatic nitrogens is 2. The summed E-state index contributed by atoms with van der Waals surface area (Å²) in [5, 5.41) is 13.9. The van der Waals surface area contributed by atoms with Gasteiger partial charge in [0.25, 0.3) is 0 Å². The van der Waals surface area contributed by atoms with Crippen LogP contribution in [0.1, 0.15) is 23.7 Å². The van der Waals surface area contributed by atoms with Crippen molar-refractivity contribution in [3.63, 3.8) is 0 Å². The lowest BCUT2D eigenvalue weighted by atomic mass is 10.1. The van der Waals surface area contributed by atoms with Gasteiger partial charge >= 0.3 is 0 Å². The van der Waals surface area contributed by atoms with Crippen LogP contribution in [-0.4, -0.2) is 9.78 Å². The Bertz CT molecular complexity index is 520. The Labute approximate surface area is 105 Å². The average Bonchev–Trinajstić information content (AvgIpc) is 2.67. The first-order chi connectivity index (χ1) is 8.22. The average molecular weight is 246 g/mol. The van der Waals surface area contributed by atoms with Gasteiger partial charge in [0.05, 0.1) is 29.2 Å². The van der Waals surface area contributed by atoms with Crippen molar-refractivity contribution in [1.29, 1.82) is 5.26 Å². The van der Waals surface area contributed by atoms with Gasteiger partial charge in [-0.1, -0.05) is 41.9 Å². The molecule has 0 spiro atoms. The summed E-state index contributed by atoms with van der Waals surface area (Å²) in [5.74, 6) is 0. The summed E-state index contributed by atoms with van der Waals surface area (Å²) < 4.78 is 1.76. The van der Waals surface area contributed by atoms with Crippen LogP contribution < -0.4 is 0 Å². The smallest absolute Gasteiger partial charge is 0.0899 e. The number of hydrogen-bond donors (Lipinski definition) is 0. The highest BCUT2D eigenvalue weighted by molar-refractivity contribution is 6.31. The molecule has 0 radical (unpaired) electrons. The Morgan fingerprint density at radius 3 is 2.65 bits per heavy atom. The molecule has 0 aliphatic carbocycles. The summed E-state index contributed by atoms with van der Waals surface area (Å²) in [4.78, 5) is 0. The normalized spacial score (nSPS) is 12.1. The maximum absolute atomic E-state index is 8.91. The molecular formula is C13H12ClN3. The zero-order chi connectivity index (χ0) is 12.3. The monoisotopic (exact) mass is 245 g/mol. The Balaban J connectivity index is 2.40. The quantitative estimate of drug-likeness (QED) is 0.832. The van der Waals surface area contributed by atoms with Gasteiger partial charge in [0.15, 0.2) is 0 Å². The first-order valence-electron chi connectivity index (χ1n) is 5.35. The van der Waals surface area contributed by atoms with E-state index in [-0.39, 0.29) is 6.04 Å². The van der Waals surface area contributed by atoms with E-state index in [2.05, 4.69) is 11.2 Å². The molecule has 3 nitrogen and oxygen atoms in total. The molecule has 0 saturated heterocycles. The van der Waals surface area contributed by atoms with E-state index in [9.17, 15) is 0 Å². The molecular weight excluding hydrogens is 234 g/mol. The number of halogens is 1. The molecule has 17 heavy (non-hydrogen) atoms. The van der Waals surface area contributed by atoms with Gasteiger partial charge in [0.1, 0.15) is 0 Å². The number of benzene rings is 1. The van der Waals surface area contributed by atoms with Crippen LogP contribution in [0.2, 0.25) is 5.02 Å². The van der Waals surface area contributed by atoms with Crippen LogP contribution in [0.3, 0.4) is 0 Å². The number of hydrogen-bond acceptors (Lipinski definition) is 2. The van der Waals surface area contributed by atoms with Crippen molar-refractivity contribution in [2.45, 2.75) is 19.4 Å².